The van der Waals surface area contributed by atoms with E-state index in [0.29, 0.717) is 37.9 Å². The second-order valence-corrected chi connectivity index (χ2v) is 7.54. The molecule has 2 N–H and O–H groups in total. The summed E-state index contributed by atoms with van der Waals surface area (Å²) in [6.07, 6.45) is 0.399. The van der Waals surface area contributed by atoms with Gasteiger partial charge >= 0.3 is 0 Å². The Labute approximate surface area is 155 Å². The van der Waals surface area contributed by atoms with Gasteiger partial charge in [0.25, 0.3) is 5.92 Å². The highest BCUT2D eigenvalue weighted by Crippen LogP contribution is 2.39. The fourth-order valence-electron chi connectivity index (χ4n) is 3.27. The van der Waals surface area contributed by atoms with Crippen molar-refractivity contribution in [2.24, 2.45) is 5.92 Å². The van der Waals surface area contributed by atoms with Gasteiger partial charge in [0.05, 0.1) is 6.67 Å². The first-order chi connectivity index (χ1) is 12.8. The number of hydrogen-bond donors (Lipinski definition) is 2. The van der Waals surface area contributed by atoms with Crippen LogP contribution >= 0.6 is 0 Å². The first-order valence-corrected chi connectivity index (χ1v) is 9.29. The van der Waals surface area contributed by atoms with Gasteiger partial charge in [-0.1, -0.05) is 6.92 Å². The molecule has 0 bridgehead atoms. The molecule has 5 nitrogen and oxygen atoms in total. The zero-order chi connectivity index (χ0) is 19.6. The van der Waals surface area contributed by atoms with Gasteiger partial charge in [0, 0.05) is 30.9 Å². The Bertz CT molecular complexity index is 705. The summed E-state index contributed by atoms with van der Waals surface area (Å²) >= 11 is 0. The second-order valence-electron chi connectivity index (χ2n) is 7.54. The molecule has 0 aromatic carbocycles. The molecule has 1 heterocycles. The molecule has 2 aliphatic rings. The van der Waals surface area contributed by atoms with Gasteiger partial charge in [-0.05, 0) is 31.6 Å². The molecular weight excluding hydrogens is 364 g/mol. The summed E-state index contributed by atoms with van der Waals surface area (Å²) < 4.78 is 53.2. The zero-order valence-corrected chi connectivity index (χ0v) is 15.2. The molecule has 0 amide bonds. The van der Waals surface area contributed by atoms with Crippen molar-refractivity contribution in [3.05, 3.63) is 17.5 Å². The van der Waals surface area contributed by atoms with Crippen LogP contribution in [0, 0.1) is 5.92 Å². The van der Waals surface area contributed by atoms with Gasteiger partial charge in [-0.3, -0.25) is 4.39 Å². The van der Waals surface area contributed by atoms with Crippen LogP contribution in [-0.2, 0) is 6.42 Å². The largest absolute Gasteiger partial charge is 0.386 e. The van der Waals surface area contributed by atoms with Crippen molar-refractivity contribution in [1.29, 1.82) is 0 Å². The van der Waals surface area contributed by atoms with E-state index in [9.17, 15) is 22.7 Å². The summed E-state index contributed by atoms with van der Waals surface area (Å²) in [4.78, 5) is 12.7. The van der Waals surface area contributed by atoms with Crippen LogP contribution < -0.4 is 5.32 Å². The Morgan fingerprint density at radius 2 is 2.00 bits per heavy atom. The Kier molecular flexibility index (Phi) is 5.98. The molecule has 0 spiro atoms. The average Bonchev–Trinajstić information content (AvgIpc) is 2.60. The summed E-state index contributed by atoms with van der Waals surface area (Å²) in [7, 11) is 0. The van der Waals surface area contributed by atoms with E-state index in [1.807, 2.05) is 0 Å². The summed E-state index contributed by atoms with van der Waals surface area (Å²) in [6, 6.07) is -0.455. The number of alkyl halides is 3. The lowest BCUT2D eigenvalue weighted by Crippen LogP contribution is -2.44. The number of allylic oxidation sites excluding steroid dienone is 1. The van der Waals surface area contributed by atoms with Gasteiger partial charge in [0.1, 0.15) is 17.8 Å². The molecule has 27 heavy (non-hydrogen) atoms. The van der Waals surface area contributed by atoms with Crippen LogP contribution in [0.4, 0.5) is 23.5 Å². The van der Waals surface area contributed by atoms with E-state index in [4.69, 9.17) is 0 Å². The number of rotatable bonds is 7. The summed E-state index contributed by atoms with van der Waals surface area (Å²) in [5.41, 5.74) is 0.220. The van der Waals surface area contributed by atoms with Gasteiger partial charge in [-0.2, -0.15) is 9.97 Å². The van der Waals surface area contributed by atoms with Gasteiger partial charge < -0.3 is 10.4 Å². The van der Waals surface area contributed by atoms with E-state index in [-0.39, 0.29) is 36.1 Å². The number of nitrogens with one attached hydrogen (secondary N) is 1. The summed E-state index contributed by atoms with van der Waals surface area (Å²) in [5.74, 6) is -2.93. The number of aliphatic hydroxyl groups is 1. The third-order valence-electron chi connectivity index (χ3n) is 4.98. The van der Waals surface area contributed by atoms with Crippen LogP contribution in [0.2, 0.25) is 0 Å². The summed E-state index contributed by atoms with van der Waals surface area (Å²) in [5, 5.41) is 12.6. The topological polar surface area (TPSA) is 70.9 Å². The van der Waals surface area contributed by atoms with Gasteiger partial charge in [0.2, 0.25) is 5.95 Å². The highest BCUT2D eigenvalue weighted by molar-refractivity contribution is 5.64. The molecule has 1 saturated carbocycles. The van der Waals surface area contributed by atoms with E-state index in [2.05, 4.69) is 20.3 Å². The third kappa shape index (κ3) is 4.94. The van der Waals surface area contributed by atoms with Gasteiger partial charge in [0.15, 0.2) is 5.82 Å². The normalized spacial score (nSPS) is 23.9. The van der Waals surface area contributed by atoms with E-state index < -0.39 is 30.6 Å². The number of nitrogens with zero attached hydrogens (tertiary/aromatic N) is 3. The number of halogens is 4. The minimum absolute atomic E-state index is 0.109. The van der Waals surface area contributed by atoms with E-state index in [0.717, 1.165) is 0 Å². The Balaban J connectivity index is 1.85. The number of aryl methyl sites for hydroxylation is 1. The van der Waals surface area contributed by atoms with Crippen LogP contribution in [0.5, 0.6) is 0 Å². The Morgan fingerprint density at radius 1 is 1.26 bits per heavy atom. The molecule has 2 aliphatic carbocycles. The SMILES string of the molecule is C[C@H](CF)CCc1nc(NC2CC(F)(F)C2)nc(C2=C(F)C(O)CCC2)n1. The van der Waals surface area contributed by atoms with Crippen LogP contribution in [0.25, 0.3) is 5.57 Å². The van der Waals surface area contributed by atoms with Crippen molar-refractivity contribution in [1.82, 2.24) is 15.0 Å². The Hall–Kier alpha value is -1.77. The number of aliphatic hydroxyl groups excluding tert-OH is 1. The molecule has 2 atom stereocenters. The molecule has 0 radical (unpaired) electrons. The fourth-order valence-corrected chi connectivity index (χ4v) is 3.27. The van der Waals surface area contributed by atoms with Crippen molar-refractivity contribution < 1.29 is 22.7 Å². The highest BCUT2D eigenvalue weighted by atomic mass is 19.3. The molecule has 3 rings (SSSR count). The molecule has 1 aromatic rings. The molecule has 0 saturated heterocycles. The molecule has 1 unspecified atom stereocenters. The first-order valence-electron chi connectivity index (χ1n) is 9.29. The third-order valence-corrected chi connectivity index (χ3v) is 4.98. The molecule has 1 fully saturated rings. The fraction of sp³-hybridized carbons (Fsp3) is 0.722. The van der Waals surface area contributed by atoms with Crippen molar-refractivity contribution >= 4 is 11.5 Å². The smallest absolute Gasteiger partial charge is 0.252 e. The predicted molar refractivity (Wildman–Crippen MR) is 92.8 cm³/mol. The maximum atomic E-state index is 14.4. The van der Waals surface area contributed by atoms with Crippen molar-refractivity contribution in [2.75, 3.05) is 12.0 Å². The lowest BCUT2D eigenvalue weighted by Gasteiger charge is -2.35. The molecule has 9 heteroatoms. The predicted octanol–water partition coefficient (Wildman–Crippen LogP) is 3.84. The molecule has 150 valence electrons. The van der Waals surface area contributed by atoms with E-state index in [1.165, 1.54) is 0 Å². The lowest BCUT2D eigenvalue weighted by atomic mass is 9.88. The molecule has 1 aromatic heterocycles. The monoisotopic (exact) mass is 388 g/mol. The van der Waals surface area contributed by atoms with Crippen LogP contribution in [0.1, 0.15) is 57.1 Å². The minimum atomic E-state index is -2.69. The van der Waals surface area contributed by atoms with Crippen molar-refractivity contribution in [3.8, 4) is 0 Å². The standard InChI is InChI=1S/C18H24F4N4O/c1-10(9-19)5-6-14-24-16(12-3-2-4-13(27)15(12)20)26-17(25-14)23-11-7-18(21,22)8-11/h10-11,13,27H,2-9H2,1H3,(H,23,24,25,26)/t10-,13?/m0/s1. The number of anilines is 1. The van der Waals surface area contributed by atoms with Gasteiger partial charge in [-0.15, -0.1) is 0 Å². The highest BCUT2D eigenvalue weighted by Gasteiger charge is 2.45. The molecule has 0 aliphatic heterocycles. The quantitative estimate of drug-likeness (QED) is 0.695. The maximum absolute atomic E-state index is 14.4. The zero-order valence-electron chi connectivity index (χ0n) is 15.2. The second kappa shape index (κ2) is 8.08. The van der Waals surface area contributed by atoms with Crippen LogP contribution in [0.3, 0.4) is 0 Å². The number of hydrogen-bond acceptors (Lipinski definition) is 5. The first kappa shape index (κ1) is 20.0. The van der Waals surface area contributed by atoms with Crippen LogP contribution in [0.15, 0.2) is 5.83 Å². The lowest BCUT2D eigenvalue weighted by molar-refractivity contribution is -0.0794. The van der Waals surface area contributed by atoms with Crippen molar-refractivity contribution in [2.45, 2.75) is 69.9 Å². The Morgan fingerprint density at radius 3 is 2.67 bits per heavy atom. The van der Waals surface area contributed by atoms with E-state index >= 15 is 0 Å². The van der Waals surface area contributed by atoms with Crippen molar-refractivity contribution in [3.63, 3.8) is 0 Å². The maximum Gasteiger partial charge on any atom is 0.252 e. The average molecular weight is 388 g/mol. The summed E-state index contributed by atoms with van der Waals surface area (Å²) in [6.45, 7) is 1.30. The van der Waals surface area contributed by atoms with E-state index in [1.54, 1.807) is 6.92 Å². The molecular formula is C18H24F4N4O. The minimum Gasteiger partial charge on any atom is -0.386 e. The number of aromatic nitrogens is 3. The van der Waals surface area contributed by atoms with Crippen LogP contribution in [-0.4, -0.2) is 44.8 Å². The van der Waals surface area contributed by atoms with Gasteiger partial charge in [-0.25, -0.2) is 18.2 Å².